The van der Waals surface area contributed by atoms with E-state index in [0.29, 0.717) is 0 Å². The Morgan fingerprint density at radius 3 is 2.83 bits per heavy atom. The zero-order chi connectivity index (χ0) is 15.6. The minimum absolute atomic E-state index is 0.866. The lowest BCUT2D eigenvalue weighted by atomic mass is 10.1. The van der Waals surface area contributed by atoms with Gasteiger partial charge in [-0.3, -0.25) is 4.98 Å². The maximum Gasteiger partial charge on any atom is 0.0703 e. The highest BCUT2D eigenvalue weighted by Crippen LogP contribution is 2.25. The standard InChI is InChI=1S/C19H18N4/c1-20-11-14-12-22-19-10-16(4-6-17(14)19)23-15-5-7-18-13(9-15)3-2-8-21-18/h2-10,12,20,22-23H,11H2,1H3. The van der Waals surface area contributed by atoms with Crippen LogP contribution >= 0.6 is 0 Å². The average molecular weight is 302 g/mol. The fraction of sp³-hybridized carbons (Fsp3) is 0.105. The second-order valence-corrected chi connectivity index (χ2v) is 5.64. The SMILES string of the molecule is CNCc1c[nH]c2cc(Nc3ccc4ncccc4c3)ccc12. The highest BCUT2D eigenvalue weighted by atomic mass is 14.9. The number of hydrogen-bond acceptors (Lipinski definition) is 3. The summed E-state index contributed by atoms with van der Waals surface area (Å²) in [5.41, 5.74) is 5.56. The normalized spacial score (nSPS) is 11.2. The van der Waals surface area contributed by atoms with Crippen LogP contribution in [0.2, 0.25) is 0 Å². The van der Waals surface area contributed by atoms with Gasteiger partial charge < -0.3 is 15.6 Å². The molecule has 0 aliphatic rings. The number of hydrogen-bond donors (Lipinski definition) is 3. The molecule has 2 aromatic carbocycles. The van der Waals surface area contributed by atoms with Crippen molar-refractivity contribution in [3.63, 3.8) is 0 Å². The van der Waals surface area contributed by atoms with Crippen molar-refractivity contribution in [2.45, 2.75) is 6.54 Å². The number of aromatic amines is 1. The van der Waals surface area contributed by atoms with Crippen LogP contribution in [0, 0.1) is 0 Å². The van der Waals surface area contributed by atoms with Crippen molar-refractivity contribution < 1.29 is 0 Å². The molecular formula is C19H18N4. The van der Waals surface area contributed by atoms with Crippen LogP contribution < -0.4 is 10.6 Å². The van der Waals surface area contributed by atoms with E-state index >= 15 is 0 Å². The van der Waals surface area contributed by atoms with Gasteiger partial charge in [-0.25, -0.2) is 0 Å². The maximum absolute atomic E-state index is 4.35. The van der Waals surface area contributed by atoms with E-state index in [4.69, 9.17) is 0 Å². The molecule has 3 N–H and O–H groups in total. The van der Waals surface area contributed by atoms with E-state index in [2.05, 4.69) is 63.2 Å². The maximum atomic E-state index is 4.35. The van der Waals surface area contributed by atoms with Gasteiger partial charge in [-0.2, -0.15) is 0 Å². The van der Waals surface area contributed by atoms with Crippen molar-refractivity contribution in [3.05, 3.63) is 66.5 Å². The van der Waals surface area contributed by atoms with Crippen molar-refractivity contribution in [1.82, 2.24) is 15.3 Å². The van der Waals surface area contributed by atoms with Gasteiger partial charge in [-0.15, -0.1) is 0 Å². The molecule has 0 aliphatic carbocycles. The number of nitrogens with one attached hydrogen (secondary N) is 3. The molecule has 0 fully saturated rings. The minimum Gasteiger partial charge on any atom is -0.361 e. The summed E-state index contributed by atoms with van der Waals surface area (Å²) in [5, 5.41) is 9.05. The first-order valence-corrected chi connectivity index (χ1v) is 7.70. The first-order valence-electron chi connectivity index (χ1n) is 7.70. The molecule has 114 valence electrons. The van der Waals surface area contributed by atoms with Crippen LogP contribution in [0.4, 0.5) is 11.4 Å². The summed E-state index contributed by atoms with van der Waals surface area (Å²) in [7, 11) is 1.96. The van der Waals surface area contributed by atoms with Gasteiger partial charge in [-0.05, 0) is 49.0 Å². The van der Waals surface area contributed by atoms with Crippen LogP contribution in [0.5, 0.6) is 0 Å². The highest BCUT2D eigenvalue weighted by Gasteiger charge is 2.04. The number of anilines is 2. The molecule has 0 radical (unpaired) electrons. The lowest BCUT2D eigenvalue weighted by Gasteiger charge is -2.08. The molecule has 2 aromatic heterocycles. The fourth-order valence-electron chi connectivity index (χ4n) is 2.92. The van der Waals surface area contributed by atoms with Gasteiger partial charge in [-0.1, -0.05) is 12.1 Å². The lowest BCUT2D eigenvalue weighted by molar-refractivity contribution is 0.823. The molecule has 2 heterocycles. The molecule has 23 heavy (non-hydrogen) atoms. The van der Waals surface area contributed by atoms with Gasteiger partial charge in [0.05, 0.1) is 5.52 Å². The minimum atomic E-state index is 0.866. The van der Waals surface area contributed by atoms with Crippen LogP contribution in [0.15, 0.2) is 60.9 Å². The molecule has 0 unspecified atom stereocenters. The molecule has 4 heteroatoms. The molecule has 0 amide bonds. The first kappa shape index (κ1) is 13.8. The van der Waals surface area contributed by atoms with Crippen molar-refractivity contribution in [2.24, 2.45) is 0 Å². The second-order valence-electron chi connectivity index (χ2n) is 5.64. The van der Waals surface area contributed by atoms with E-state index in [1.165, 1.54) is 10.9 Å². The van der Waals surface area contributed by atoms with Gasteiger partial charge >= 0.3 is 0 Å². The Labute approximate surface area is 134 Å². The molecular weight excluding hydrogens is 284 g/mol. The molecule has 0 saturated carbocycles. The summed E-state index contributed by atoms with van der Waals surface area (Å²) >= 11 is 0. The Balaban J connectivity index is 1.65. The van der Waals surface area contributed by atoms with Gasteiger partial charge in [0, 0.05) is 46.6 Å². The van der Waals surface area contributed by atoms with Gasteiger partial charge in [0.25, 0.3) is 0 Å². The van der Waals surface area contributed by atoms with Crippen LogP contribution in [-0.4, -0.2) is 17.0 Å². The Morgan fingerprint density at radius 2 is 1.91 bits per heavy atom. The molecule has 0 spiro atoms. The number of benzene rings is 2. The number of nitrogens with zero attached hydrogens (tertiary/aromatic N) is 1. The summed E-state index contributed by atoms with van der Waals surface area (Å²) < 4.78 is 0. The quantitative estimate of drug-likeness (QED) is 0.530. The molecule has 4 nitrogen and oxygen atoms in total. The van der Waals surface area contributed by atoms with Gasteiger partial charge in [0.1, 0.15) is 0 Å². The summed E-state index contributed by atoms with van der Waals surface area (Å²) in [6.07, 6.45) is 3.88. The largest absolute Gasteiger partial charge is 0.361 e. The Kier molecular flexibility index (Phi) is 3.44. The third-order valence-corrected chi connectivity index (χ3v) is 4.03. The third kappa shape index (κ3) is 2.64. The van der Waals surface area contributed by atoms with E-state index in [-0.39, 0.29) is 0 Å². The Bertz CT molecular complexity index is 971. The predicted molar refractivity (Wildman–Crippen MR) is 96.1 cm³/mol. The molecule has 0 atom stereocenters. The van der Waals surface area contributed by atoms with Crippen molar-refractivity contribution >= 4 is 33.2 Å². The van der Waals surface area contributed by atoms with E-state index in [1.807, 2.05) is 25.4 Å². The van der Waals surface area contributed by atoms with Crippen LogP contribution in [0.1, 0.15) is 5.56 Å². The van der Waals surface area contributed by atoms with Crippen molar-refractivity contribution in [3.8, 4) is 0 Å². The highest BCUT2D eigenvalue weighted by molar-refractivity contribution is 5.88. The molecule has 4 aromatic rings. The smallest absolute Gasteiger partial charge is 0.0703 e. The summed E-state index contributed by atoms with van der Waals surface area (Å²) in [6, 6.07) is 16.7. The molecule has 0 saturated heterocycles. The fourth-order valence-corrected chi connectivity index (χ4v) is 2.92. The van der Waals surface area contributed by atoms with Crippen molar-refractivity contribution in [2.75, 3.05) is 12.4 Å². The topological polar surface area (TPSA) is 52.7 Å². The van der Waals surface area contributed by atoms with E-state index in [1.54, 1.807) is 0 Å². The Morgan fingerprint density at radius 1 is 1.04 bits per heavy atom. The van der Waals surface area contributed by atoms with E-state index in [9.17, 15) is 0 Å². The average Bonchev–Trinajstić information content (AvgIpc) is 2.97. The molecule has 0 bridgehead atoms. The Hall–Kier alpha value is -2.85. The van der Waals surface area contributed by atoms with E-state index in [0.717, 1.165) is 34.3 Å². The number of aromatic nitrogens is 2. The predicted octanol–water partition coefficient (Wildman–Crippen LogP) is 4.18. The monoisotopic (exact) mass is 302 g/mol. The zero-order valence-electron chi connectivity index (χ0n) is 12.9. The van der Waals surface area contributed by atoms with Gasteiger partial charge in [0.2, 0.25) is 0 Å². The first-order chi connectivity index (χ1) is 11.3. The summed E-state index contributed by atoms with van der Waals surface area (Å²) in [4.78, 5) is 7.69. The van der Waals surface area contributed by atoms with Crippen LogP contribution in [-0.2, 0) is 6.54 Å². The lowest BCUT2D eigenvalue weighted by Crippen LogP contribution is -2.03. The number of H-pyrrole nitrogens is 1. The van der Waals surface area contributed by atoms with Crippen molar-refractivity contribution in [1.29, 1.82) is 0 Å². The number of fused-ring (bicyclic) bond motifs is 2. The second kappa shape index (κ2) is 5.74. The molecule has 0 aliphatic heterocycles. The van der Waals surface area contributed by atoms with E-state index < -0.39 is 0 Å². The summed E-state index contributed by atoms with van der Waals surface area (Å²) in [5.74, 6) is 0. The molecule has 4 rings (SSSR count). The third-order valence-electron chi connectivity index (χ3n) is 4.03. The van der Waals surface area contributed by atoms with Crippen LogP contribution in [0.25, 0.3) is 21.8 Å². The number of pyridine rings is 1. The summed E-state index contributed by atoms with van der Waals surface area (Å²) in [6.45, 7) is 0.866. The van der Waals surface area contributed by atoms with Crippen LogP contribution in [0.3, 0.4) is 0 Å². The van der Waals surface area contributed by atoms with Gasteiger partial charge in [0.15, 0.2) is 0 Å². The number of rotatable bonds is 4. The zero-order valence-corrected chi connectivity index (χ0v) is 12.9.